The van der Waals surface area contributed by atoms with Gasteiger partial charge in [0.1, 0.15) is 5.75 Å². The minimum atomic E-state index is -2.81. The van der Waals surface area contributed by atoms with E-state index in [1.54, 1.807) is 24.4 Å². The van der Waals surface area contributed by atoms with Gasteiger partial charge < -0.3 is 10.1 Å². The van der Waals surface area contributed by atoms with Gasteiger partial charge in [-0.1, -0.05) is 23.7 Å². The molecule has 1 atom stereocenters. The zero-order chi connectivity index (χ0) is 14.5. The number of alkyl halides is 2. The molecule has 0 amide bonds. The fourth-order valence-electron chi connectivity index (χ4n) is 1.75. The smallest absolute Gasteiger partial charge is 0.387 e. The van der Waals surface area contributed by atoms with E-state index in [2.05, 4.69) is 15.0 Å². The number of aromatic nitrogens is 1. The van der Waals surface area contributed by atoms with Crippen LogP contribution in [0, 0.1) is 0 Å². The summed E-state index contributed by atoms with van der Waals surface area (Å²) in [5.41, 5.74) is 1.64. The van der Waals surface area contributed by atoms with Crippen LogP contribution in [0.4, 0.5) is 14.5 Å². The van der Waals surface area contributed by atoms with Crippen LogP contribution in [0.25, 0.3) is 0 Å². The fourth-order valence-corrected chi connectivity index (χ4v) is 1.92. The topological polar surface area (TPSA) is 34.2 Å². The van der Waals surface area contributed by atoms with Crippen LogP contribution in [0.2, 0.25) is 5.15 Å². The average molecular weight is 299 g/mol. The normalized spacial score (nSPS) is 12.2. The molecule has 1 heterocycles. The molecule has 2 rings (SSSR count). The monoisotopic (exact) mass is 298 g/mol. The van der Waals surface area contributed by atoms with Crippen molar-refractivity contribution in [1.82, 2.24) is 4.98 Å². The number of pyridine rings is 1. The van der Waals surface area contributed by atoms with Crippen molar-refractivity contribution in [2.24, 2.45) is 0 Å². The summed E-state index contributed by atoms with van der Waals surface area (Å²) < 4.78 is 28.4. The van der Waals surface area contributed by atoms with E-state index in [0.29, 0.717) is 5.15 Å². The minimum Gasteiger partial charge on any atom is -0.435 e. The van der Waals surface area contributed by atoms with Crippen LogP contribution in [0.15, 0.2) is 42.6 Å². The molecule has 1 aromatic heterocycles. The standard InChI is InChI=1S/C14H13ClF2N2O/c1-9(19-12-3-2-8-18-13(12)15)10-4-6-11(7-5-10)20-14(16)17/h2-9,14,19H,1H3. The molecule has 0 aliphatic rings. The zero-order valence-corrected chi connectivity index (χ0v) is 11.4. The van der Waals surface area contributed by atoms with E-state index < -0.39 is 6.61 Å². The second-order valence-electron chi connectivity index (χ2n) is 4.16. The minimum absolute atomic E-state index is 0.0442. The Labute approximate surface area is 120 Å². The number of halogens is 3. The quantitative estimate of drug-likeness (QED) is 0.825. The lowest BCUT2D eigenvalue weighted by Gasteiger charge is -2.16. The summed E-state index contributed by atoms with van der Waals surface area (Å²) in [7, 11) is 0. The third-order valence-electron chi connectivity index (χ3n) is 2.74. The van der Waals surface area contributed by atoms with E-state index in [1.165, 1.54) is 12.1 Å². The average Bonchev–Trinajstić information content (AvgIpc) is 2.41. The first-order valence-corrected chi connectivity index (χ1v) is 6.36. The molecule has 1 N–H and O–H groups in total. The highest BCUT2D eigenvalue weighted by Gasteiger charge is 2.09. The van der Waals surface area contributed by atoms with E-state index in [9.17, 15) is 8.78 Å². The number of benzene rings is 1. The van der Waals surface area contributed by atoms with Crippen molar-refractivity contribution in [1.29, 1.82) is 0 Å². The van der Waals surface area contributed by atoms with Crippen molar-refractivity contribution in [3.8, 4) is 5.75 Å². The summed E-state index contributed by atoms with van der Waals surface area (Å²) in [6.07, 6.45) is 1.61. The van der Waals surface area contributed by atoms with Gasteiger partial charge in [-0.3, -0.25) is 0 Å². The van der Waals surface area contributed by atoms with Gasteiger partial charge in [-0.05, 0) is 36.8 Å². The van der Waals surface area contributed by atoms with Gasteiger partial charge in [0.2, 0.25) is 0 Å². The summed E-state index contributed by atoms with van der Waals surface area (Å²) in [6.45, 7) is -0.877. The number of ether oxygens (including phenoxy) is 1. The number of nitrogens with zero attached hydrogens (tertiary/aromatic N) is 1. The number of hydrogen-bond acceptors (Lipinski definition) is 3. The van der Waals surface area contributed by atoms with E-state index in [1.807, 2.05) is 13.0 Å². The lowest BCUT2D eigenvalue weighted by atomic mass is 10.1. The molecule has 0 spiro atoms. The second-order valence-corrected chi connectivity index (χ2v) is 4.51. The summed E-state index contributed by atoms with van der Waals surface area (Å²) >= 11 is 5.96. The Hall–Kier alpha value is -1.88. The molecule has 1 aromatic carbocycles. The maximum Gasteiger partial charge on any atom is 0.387 e. The van der Waals surface area contributed by atoms with Crippen molar-refractivity contribution in [2.75, 3.05) is 5.32 Å². The van der Waals surface area contributed by atoms with E-state index in [0.717, 1.165) is 11.3 Å². The van der Waals surface area contributed by atoms with Gasteiger partial charge in [-0.2, -0.15) is 8.78 Å². The van der Waals surface area contributed by atoms with E-state index in [-0.39, 0.29) is 11.8 Å². The molecule has 2 aromatic rings. The Kier molecular flexibility index (Phi) is 4.74. The van der Waals surface area contributed by atoms with Crippen LogP contribution in [0.1, 0.15) is 18.5 Å². The largest absolute Gasteiger partial charge is 0.435 e. The molecule has 0 radical (unpaired) electrons. The van der Waals surface area contributed by atoms with Crippen LogP contribution in [0.3, 0.4) is 0 Å². The summed E-state index contributed by atoms with van der Waals surface area (Å²) in [5, 5.41) is 3.59. The van der Waals surface area contributed by atoms with E-state index in [4.69, 9.17) is 11.6 Å². The predicted molar refractivity (Wildman–Crippen MR) is 74.4 cm³/mol. The molecule has 3 nitrogen and oxygen atoms in total. The molecule has 0 aliphatic heterocycles. The fraction of sp³-hybridized carbons (Fsp3) is 0.214. The first kappa shape index (κ1) is 14.5. The van der Waals surface area contributed by atoms with Gasteiger partial charge >= 0.3 is 6.61 Å². The zero-order valence-electron chi connectivity index (χ0n) is 10.7. The SMILES string of the molecule is CC(Nc1cccnc1Cl)c1ccc(OC(F)F)cc1. The molecule has 0 fully saturated rings. The molecule has 20 heavy (non-hydrogen) atoms. The van der Waals surface area contributed by atoms with Crippen molar-refractivity contribution in [2.45, 2.75) is 19.6 Å². The number of hydrogen-bond donors (Lipinski definition) is 1. The molecule has 6 heteroatoms. The van der Waals surface area contributed by atoms with Crippen molar-refractivity contribution >= 4 is 17.3 Å². The Morgan fingerprint density at radius 3 is 2.50 bits per heavy atom. The van der Waals surface area contributed by atoms with Gasteiger partial charge in [0.15, 0.2) is 5.15 Å². The lowest BCUT2D eigenvalue weighted by molar-refractivity contribution is -0.0498. The van der Waals surface area contributed by atoms with Gasteiger partial charge in [0.25, 0.3) is 0 Å². The molecular weight excluding hydrogens is 286 g/mol. The highest BCUT2D eigenvalue weighted by Crippen LogP contribution is 2.25. The predicted octanol–water partition coefficient (Wildman–Crippen LogP) is 4.51. The highest BCUT2D eigenvalue weighted by atomic mass is 35.5. The molecule has 106 valence electrons. The first-order chi connectivity index (χ1) is 9.56. The van der Waals surface area contributed by atoms with Crippen LogP contribution in [0.5, 0.6) is 5.75 Å². The lowest BCUT2D eigenvalue weighted by Crippen LogP contribution is -2.07. The molecule has 0 bridgehead atoms. The summed E-state index contributed by atoms with van der Waals surface area (Å²) in [4.78, 5) is 3.97. The summed E-state index contributed by atoms with van der Waals surface area (Å²) in [5.74, 6) is 0.135. The van der Waals surface area contributed by atoms with Crippen molar-refractivity contribution < 1.29 is 13.5 Å². The third-order valence-corrected chi connectivity index (χ3v) is 3.04. The van der Waals surface area contributed by atoms with Crippen molar-refractivity contribution in [3.63, 3.8) is 0 Å². The molecule has 1 unspecified atom stereocenters. The number of anilines is 1. The van der Waals surface area contributed by atoms with Crippen molar-refractivity contribution in [3.05, 3.63) is 53.3 Å². The Morgan fingerprint density at radius 2 is 1.90 bits per heavy atom. The van der Waals surface area contributed by atoms with Crippen LogP contribution in [-0.2, 0) is 0 Å². The molecule has 0 saturated carbocycles. The summed E-state index contributed by atoms with van der Waals surface area (Å²) in [6, 6.07) is 10.0. The van der Waals surface area contributed by atoms with Crippen LogP contribution < -0.4 is 10.1 Å². The highest BCUT2D eigenvalue weighted by molar-refractivity contribution is 6.31. The third kappa shape index (κ3) is 3.81. The van der Waals surface area contributed by atoms with Gasteiger partial charge in [0.05, 0.1) is 5.69 Å². The Balaban J connectivity index is 2.06. The Bertz CT molecular complexity index is 563. The van der Waals surface area contributed by atoms with Gasteiger partial charge in [-0.25, -0.2) is 4.98 Å². The maximum absolute atomic E-state index is 12.1. The maximum atomic E-state index is 12.1. The molecular formula is C14H13ClF2N2O. The number of rotatable bonds is 5. The van der Waals surface area contributed by atoms with Gasteiger partial charge in [0, 0.05) is 12.2 Å². The van der Waals surface area contributed by atoms with E-state index >= 15 is 0 Å². The van der Waals surface area contributed by atoms with Crippen LogP contribution in [-0.4, -0.2) is 11.6 Å². The van der Waals surface area contributed by atoms with Crippen LogP contribution >= 0.6 is 11.6 Å². The second kappa shape index (κ2) is 6.52. The molecule has 0 aliphatic carbocycles. The first-order valence-electron chi connectivity index (χ1n) is 5.98. The molecule has 0 saturated heterocycles. The van der Waals surface area contributed by atoms with Gasteiger partial charge in [-0.15, -0.1) is 0 Å². The Morgan fingerprint density at radius 1 is 1.20 bits per heavy atom. The number of nitrogens with one attached hydrogen (secondary N) is 1.